The lowest BCUT2D eigenvalue weighted by Crippen LogP contribution is -2.30. The number of carbonyl (C=O) groups excluding carboxylic acids is 6. The molecule has 80 heavy (non-hydrogen) atoms. The Labute approximate surface area is 465 Å². The van der Waals surface area contributed by atoms with Crippen LogP contribution in [0.5, 0.6) is 40.2 Å². The largest absolute Gasteiger partial charge is 0.494 e. The quantitative estimate of drug-likeness (QED) is 0.0197. The van der Waals surface area contributed by atoms with Crippen molar-refractivity contribution in [1.29, 1.82) is 0 Å². The van der Waals surface area contributed by atoms with E-state index >= 15 is 0 Å². The van der Waals surface area contributed by atoms with E-state index in [2.05, 4.69) is 13.8 Å². The molecule has 1 heterocycles. The van der Waals surface area contributed by atoms with Crippen LogP contribution in [0.2, 0.25) is 0 Å². The SMILES string of the molecule is CCCCCOc1ccc(-c2ccc(OC(=O)c3ccc(OC(=O)c4cc(OCCCCCCN5C(=O)C=CC5=O)cc(C(=O)Oc5ccc(C(=O)Oc6ccc(-c7ccc(OCCCCC)cc7)cc6)cc5)c4)cc3)cc2)cc1. The van der Waals surface area contributed by atoms with E-state index in [1.54, 1.807) is 24.3 Å². The van der Waals surface area contributed by atoms with Gasteiger partial charge in [0.2, 0.25) is 0 Å². The van der Waals surface area contributed by atoms with Gasteiger partial charge in [0.1, 0.15) is 40.2 Å². The van der Waals surface area contributed by atoms with Gasteiger partial charge >= 0.3 is 23.9 Å². The minimum atomic E-state index is -0.815. The van der Waals surface area contributed by atoms with Gasteiger partial charge < -0.3 is 33.2 Å². The number of imide groups is 1. The van der Waals surface area contributed by atoms with Crippen molar-refractivity contribution in [3.63, 3.8) is 0 Å². The zero-order valence-corrected chi connectivity index (χ0v) is 44.9. The van der Waals surface area contributed by atoms with Gasteiger partial charge in [-0.05, 0) is 163 Å². The van der Waals surface area contributed by atoms with E-state index in [4.69, 9.17) is 33.2 Å². The molecular formula is C66H63NO13. The number of nitrogens with zero attached hydrogens (tertiary/aromatic N) is 1. The monoisotopic (exact) mass is 1080 g/mol. The fourth-order valence-electron chi connectivity index (χ4n) is 8.47. The summed E-state index contributed by atoms with van der Waals surface area (Å²) in [7, 11) is 0. The van der Waals surface area contributed by atoms with Crippen LogP contribution in [0, 0.1) is 0 Å². The number of rotatable bonds is 28. The lowest BCUT2D eigenvalue weighted by Gasteiger charge is -2.13. The highest BCUT2D eigenvalue weighted by molar-refractivity contribution is 6.12. The van der Waals surface area contributed by atoms with E-state index in [0.29, 0.717) is 44.1 Å². The van der Waals surface area contributed by atoms with Crippen molar-refractivity contribution < 1.29 is 61.9 Å². The summed E-state index contributed by atoms with van der Waals surface area (Å²) in [6.45, 7) is 6.22. The molecule has 0 aromatic heterocycles. The Morgan fingerprint density at radius 1 is 0.325 bits per heavy atom. The molecule has 2 amide bonds. The summed E-state index contributed by atoms with van der Waals surface area (Å²) in [6, 6.07) is 45.9. The summed E-state index contributed by atoms with van der Waals surface area (Å²) in [4.78, 5) is 78.7. The van der Waals surface area contributed by atoms with Gasteiger partial charge in [-0.3, -0.25) is 14.5 Å². The van der Waals surface area contributed by atoms with E-state index in [1.807, 2.05) is 72.8 Å². The lowest BCUT2D eigenvalue weighted by atomic mass is 10.1. The number of esters is 4. The summed E-state index contributed by atoms with van der Waals surface area (Å²) in [6.07, 6.45) is 11.8. The third-order valence-corrected chi connectivity index (χ3v) is 13.0. The highest BCUT2D eigenvalue weighted by Gasteiger charge is 2.23. The first-order valence-electron chi connectivity index (χ1n) is 27.1. The van der Waals surface area contributed by atoms with Crippen molar-refractivity contribution in [2.45, 2.75) is 78.1 Å². The minimum Gasteiger partial charge on any atom is -0.494 e. The van der Waals surface area contributed by atoms with Gasteiger partial charge in [0.15, 0.2) is 0 Å². The van der Waals surface area contributed by atoms with Crippen molar-refractivity contribution in [2.24, 2.45) is 0 Å². The number of ether oxygens (including phenoxy) is 7. The number of amides is 2. The Morgan fingerprint density at radius 2 is 0.625 bits per heavy atom. The fourth-order valence-corrected chi connectivity index (χ4v) is 8.47. The Morgan fingerprint density at radius 3 is 0.988 bits per heavy atom. The van der Waals surface area contributed by atoms with Crippen LogP contribution in [0.15, 0.2) is 176 Å². The molecule has 0 radical (unpaired) electrons. The maximum atomic E-state index is 13.7. The molecule has 7 aromatic carbocycles. The molecule has 14 heteroatoms. The number of carbonyl (C=O) groups is 6. The molecule has 0 N–H and O–H groups in total. The predicted octanol–water partition coefficient (Wildman–Crippen LogP) is 13.9. The van der Waals surface area contributed by atoms with Crippen LogP contribution >= 0.6 is 0 Å². The molecule has 410 valence electrons. The smallest absolute Gasteiger partial charge is 0.343 e. The molecule has 0 unspecified atom stereocenters. The predicted molar refractivity (Wildman–Crippen MR) is 303 cm³/mol. The van der Waals surface area contributed by atoms with Crippen LogP contribution in [0.3, 0.4) is 0 Å². The van der Waals surface area contributed by atoms with Gasteiger partial charge in [-0.2, -0.15) is 0 Å². The number of hydrogen-bond acceptors (Lipinski definition) is 13. The van der Waals surface area contributed by atoms with E-state index in [0.717, 1.165) is 85.1 Å². The first-order chi connectivity index (χ1) is 39.0. The molecule has 1 aliphatic heterocycles. The minimum absolute atomic E-state index is 0.0200. The molecule has 14 nitrogen and oxygen atoms in total. The molecule has 8 rings (SSSR count). The molecule has 1 aliphatic rings. The third kappa shape index (κ3) is 16.6. The standard InChI is InChI=1S/C66H63NO13/c1-3-5-10-40-74-54-25-13-46(14-26-54)48-17-29-56(30-18-48)77-63(70)50-21-33-58(34-22-50)79-65(72)52-43-53(45-60(44-52)76-42-12-8-7-9-39-67-61(68)37-38-62(67)69)66(73)80-59-35-23-51(24-36-59)64(71)78-57-31-19-49(20-32-57)47-15-27-55(28-16-47)75-41-11-6-4-2/h13-38,43-45H,3-12,39-42H2,1-2H3. The van der Waals surface area contributed by atoms with Gasteiger partial charge in [-0.15, -0.1) is 0 Å². The molecule has 0 atom stereocenters. The van der Waals surface area contributed by atoms with Crippen molar-refractivity contribution in [2.75, 3.05) is 26.4 Å². The van der Waals surface area contributed by atoms with Crippen LogP contribution in [-0.2, 0) is 9.59 Å². The van der Waals surface area contributed by atoms with Crippen molar-refractivity contribution in [3.05, 3.63) is 198 Å². The zero-order valence-electron chi connectivity index (χ0n) is 44.9. The first kappa shape index (κ1) is 56.9. The second-order valence-corrected chi connectivity index (χ2v) is 19.0. The van der Waals surface area contributed by atoms with Crippen molar-refractivity contribution in [1.82, 2.24) is 4.90 Å². The van der Waals surface area contributed by atoms with Crippen LogP contribution < -0.4 is 33.2 Å². The first-order valence-corrected chi connectivity index (χ1v) is 27.1. The van der Waals surface area contributed by atoms with Crippen LogP contribution in [-0.4, -0.2) is 67.0 Å². The highest BCUT2D eigenvalue weighted by atomic mass is 16.5. The van der Waals surface area contributed by atoms with E-state index in [1.165, 1.54) is 83.8 Å². The average Bonchev–Trinajstić information content (AvgIpc) is 3.82. The molecule has 7 aromatic rings. The van der Waals surface area contributed by atoms with Gasteiger partial charge in [-0.25, -0.2) is 19.2 Å². The average molecular weight is 1080 g/mol. The normalized spacial score (nSPS) is 11.8. The molecule has 0 saturated carbocycles. The Bertz CT molecular complexity index is 3030. The Kier molecular flexibility index (Phi) is 20.5. The van der Waals surface area contributed by atoms with Gasteiger partial charge in [0.25, 0.3) is 11.8 Å². The molecule has 0 fully saturated rings. The summed E-state index contributed by atoms with van der Waals surface area (Å²) < 4.78 is 40.3. The molecule has 0 bridgehead atoms. The van der Waals surface area contributed by atoms with Gasteiger partial charge in [0, 0.05) is 18.7 Å². The molecule has 0 aliphatic carbocycles. The number of hydrogen-bond donors (Lipinski definition) is 0. The second-order valence-electron chi connectivity index (χ2n) is 19.0. The summed E-state index contributed by atoms with van der Waals surface area (Å²) >= 11 is 0. The van der Waals surface area contributed by atoms with Crippen LogP contribution in [0.1, 0.15) is 119 Å². The number of unbranched alkanes of at least 4 members (excludes halogenated alkanes) is 7. The Balaban J connectivity index is 0.863. The van der Waals surface area contributed by atoms with Crippen molar-refractivity contribution >= 4 is 35.7 Å². The maximum absolute atomic E-state index is 13.7. The summed E-state index contributed by atoms with van der Waals surface area (Å²) in [5.41, 5.74) is 4.26. The van der Waals surface area contributed by atoms with Gasteiger partial charge in [-0.1, -0.05) is 101 Å². The summed E-state index contributed by atoms with van der Waals surface area (Å²) in [5, 5.41) is 0. The maximum Gasteiger partial charge on any atom is 0.343 e. The van der Waals surface area contributed by atoms with Gasteiger partial charge in [0.05, 0.1) is 42.1 Å². The Hall–Kier alpha value is -9.30. The zero-order chi connectivity index (χ0) is 56.1. The summed E-state index contributed by atoms with van der Waals surface area (Å²) in [5.74, 6) is -0.715. The second kappa shape index (κ2) is 28.9. The molecular weight excluding hydrogens is 1010 g/mol. The van der Waals surface area contributed by atoms with Crippen LogP contribution in [0.25, 0.3) is 22.3 Å². The highest BCUT2D eigenvalue weighted by Crippen LogP contribution is 2.29. The van der Waals surface area contributed by atoms with E-state index < -0.39 is 23.9 Å². The number of benzene rings is 7. The third-order valence-electron chi connectivity index (χ3n) is 13.0. The molecule has 0 saturated heterocycles. The van der Waals surface area contributed by atoms with E-state index in [9.17, 15) is 28.8 Å². The molecule has 0 spiro atoms. The van der Waals surface area contributed by atoms with E-state index in [-0.39, 0.29) is 57.9 Å². The topological polar surface area (TPSA) is 170 Å². The van der Waals surface area contributed by atoms with Crippen molar-refractivity contribution in [3.8, 4) is 62.5 Å². The van der Waals surface area contributed by atoms with Crippen LogP contribution in [0.4, 0.5) is 0 Å². The fraction of sp³-hybridized carbons (Fsp3) is 0.242. The lowest BCUT2D eigenvalue weighted by molar-refractivity contribution is -0.136.